The van der Waals surface area contributed by atoms with Gasteiger partial charge in [0, 0.05) is 33.6 Å². The molecule has 2 rings (SSSR count). The molecule has 1 aromatic rings. The Kier molecular flexibility index (Phi) is 4.96. The van der Waals surface area contributed by atoms with Crippen LogP contribution in [0.5, 0.6) is 0 Å². The first kappa shape index (κ1) is 16.7. The second kappa shape index (κ2) is 6.23. The lowest BCUT2D eigenvalue weighted by Crippen LogP contribution is -2.41. The monoisotopic (exact) mass is 439 g/mol. The fourth-order valence-corrected chi connectivity index (χ4v) is 6.35. The van der Waals surface area contributed by atoms with Crippen molar-refractivity contribution >= 4 is 53.5 Å². The number of carbonyl (C=O) groups excluding carboxylic acids is 1. The Balaban J connectivity index is 2.30. The Morgan fingerprint density at radius 3 is 2.10 bits per heavy atom. The smallest absolute Gasteiger partial charge is 0.245 e. The average molecular weight is 441 g/mol. The summed E-state index contributed by atoms with van der Waals surface area (Å²) in [6.45, 7) is 0.554. The molecule has 0 spiro atoms. The number of carbonyl (C=O) groups is 1. The van der Waals surface area contributed by atoms with Gasteiger partial charge in [0.15, 0.2) is 0 Å². The first-order valence-corrected chi connectivity index (χ1v) is 9.30. The van der Waals surface area contributed by atoms with Crippen molar-refractivity contribution in [1.29, 1.82) is 0 Å². The molecule has 1 saturated heterocycles. The second-order valence-electron chi connectivity index (χ2n) is 4.89. The number of piperidine rings is 1. The van der Waals surface area contributed by atoms with Gasteiger partial charge in [0.05, 0.1) is 0 Å². The number of benzene rings is 1. The molecule has 1 fully saturated rings. The van der Waals surface area contributed by atoms with Crippen LogP contribution in [0.15, 0.2) is 26.0 Å². The zero-order valence-electron chi connectivity index (χ0n) is 11.1. The third kappa shape index (κ3) is 3.41. The molecule has 1 aliphatic heterocycles. The minimum atomic E-state index is -3.66. The molecule has 1 amide bonds. The maximum Gasteiger partial charge on any atom is 0.245 e. The van der Waals surface area contributed by atoms with Gasteiger partial charge >= 0.3 is 0 Å². The standard InChI is InChI=1S/C12H15Br2N3O3S/c13-9-5-8(15)6-10(14)11(9)21(19,20)17-3-1-7(2-4-17)12(16)18/h5-7H,1-4,15H2,(H2,16,18). The summed E-state index contributed by atoms with van der Waals surface area (Å²) < 4.78 is 27.6. The van der Waals surface area contributed by atoms with Gasteiger partial charge < -0.3 is 11.5 Å². The van der Waals surface area contributed by atoms with E-state index in [9.17, 15) is 13.2 Å². The van der Waals surface area contributed by atoms with E-state index >= 15 is 0 Å². The minimum Gasteiger partial charge on any atom is -0.399 e. The predicted molar refractivity (Wildman–Crippen MR) is 86.9 cm³/mol. The van der Waals surface area contributed by atoms with Gasteiger partial charge in [-0.25, -0.2) is 8.42 Å². The molecular formula is C12H15Br2N3O3S. The van der Waals surface area contributed by atoms with Crippen LogP contribution in [-0.2, 0) is 14.8 Å². The van der Waals surface area contributed by atoms with Crippen LogP contribution in [0, 0.1) is 5.92 Å². The number of halogens is 2. The molecule has 4 N–H and O–H groups in total. The van der Waals surface area contributed by atoms with Gasteiger partial charge in [0.25, 0.3) is 0 Å². The van der Waals surface area contributed by atoms with E-state index in [2.05, 4.69) is 31.9 Å². The van der Waals surface area contributed by atoms with Crippen molar-refractivity contribution in [1.82, 2.24) is 4.31 Å². The molecule has 1 aromatic carbocycles. The highest BCUT2D eigenvalue weighted by atomic mass is 79.9. The highest BCUT2D eigenvalue weighted by molar-refractivity contribution is 9.11. The Bertz CT molecular complexity index is 647. The molecule has 1 aliphatic rings. The topological polar surface area (TPSA) is 106 Å². The number of nitrogens with zero attached hydrogens (tertiary/aromatic N) is 1. The summed E-state index contributed by atoms with van der Waals surface area (Å²) in [4.78, 5) is 11.3. The van der Waals surface area contributed by atoms with Crippen molar-refractivity contribution in [2.45, 2.75) is 17.7 Å². The number of hydrogen-bond acceptors (Lipinski definition) is 4. The van der Waals surface area contributed by atoms with Crippen molar-refractivity contribution in [2.24, 2.45) is 11.7 Å². The summed E-state index contributed by atoms with van der Waals surface area (Å²) in [7, 11) is -3.66. The highest BCUT2D eigenvalue weighted by Gasteiger charge is 2.33. The number of rotatable bonds is 3. The summed E-state index contributed by atoms with van der Waals surface area (Å²) in [5.41, 5.74) is 11.4. The van der Waals surface area contributed by atoms with Gasteiger partial charge in [-0.05, 0) is 56.8 Å². The van der Waals surface area contributed by atoms with Gasteiger partial charge in [-0.3, -0.25) is 4.79 Å². The SMILES string of the molecule is NC(=O)C1CCN(S(=O)(=O)c2c(Br)cc(N)cc2Br)CC1. The van der Waals surface area contributed by atoms with Crippen LogP contribution in [0.1, 0.15) is 12.8 Å². The van der Waals surface area contributed by atoms with E-state index in [-0.39, 0.29) is 29.8 Å². The third-order valence-corrected chi connectivity index (χ3v) is 7.25. The summed E-state index contributed by atoms with van der Waals surface area (Å²) in [6.07, 6.45) is 0.886. The van der Waals surface area contributed by atoms with Gasteiger partial charge in [0.1, 0.15) is 4.90 Å². The highest BCUT2D eigenvalue weighted by Crippen LogP contribution is 2.35. The molecule has 6 nitrogen and oxygen atoms in total. The fraction of sp³-hybridized carbons (Fsp3) is 0.417. The molecule has 1 heterocycles. The quantitative estimate of drug-likeness (QED) is 0.697. The Labute approximate surface area is 140 Å². The number of amides is 1. The normalized spacial score (nSPS) is 17.8. The molecule has 116 valence electrons. The lowest BCUT2D eigenvalue weighted by Gasteiger charge is -2.30. The molecule has 0 aromatic heterocycles. The van der Waals surface area contributed by atoms with E-state index in [1.54, 1.807) is 12.1 Å². The van der Waals surface area contributed by atoms with Crippen molar-refractivity contribution in [3.8, 4) is 0 Å². The molecule has 0 atom stereocenters. The molecular weight excluding hydrogens is 426 g/mol. The largest absolute Gasteiger partial charge is 0.399 e. The summed E-state index contributed by atoms with van der Waals surface area (Å²) in [5.74, 6) is -0.628. The maximum absolute atomic E-state index is 12.7. The fourth-order valence-electron chi connectivity index (χ4n) is 2.34. The first-order valence-electron chi connectivity index (χ1n) is 6.27. The summed E-state index contributed by atoms with van der Waals surface area (Å²) in [5, 5.41) is 0. The van der Waals surface area contributed by atoms with Crippen LogP contribution in [0.2, 0.25) is 0 Å². The number of anilines is 1. The predicted octanol–water partition coefficient (Wildman–Crippen LogP) is 1.68. The van der Waals surface area contributed by atoms with Crippen LogP contribution in [0.4, 0.5) is 5.69 Å². The van der Waals surface area contributed by atoms with E-state index in [1.165, 1.54) is 4.31 Å². The lowest BCUT2D eigenvalue weighted by atomic mass is 9.98. The zero-order chi connectivity index (χ0) is 15.8. The number of sulfonamides is 1. The molecule has 0 unspecified atom stereocenters. The zero-order valence-corrected chi connectivity index (χ0v) is 15.0. The van der Waals surface area contributed by atoms with Crippen molar-refractivity contribution < 1.29 is 13.2 Å². The lowest BCUT2D eigenvalue weighted by molar-refractivity contribution is -0.122. The van der Waals surface area contributed by atoms with E-state index in [1.807, 2.05) is 0 Å². The van der Waals surface area contributed by atoms with Gasteiger partial charge in [0.2, 0.25) is 15.9 Å². The second-order valence-corrected chi connectivity index (χ2v) is 8.48. The van der Waals surface area contributed by atoms with Crippen molar-refractivity contribution in [3.63, 3.8) is 0 Å². The Morgan fingerprint density at radius 2 is 1.67 bits per heavy atom. The molecule has 21 heavy (non-hydrogen) atoms. The van der Waals surface area contributed by atoms with E-state index in [0.29, 0.717) is 27.5 Å². The van der Waals surface area contributed by atoms with Gasteiger partial charge in [-0.1, -0.05) is 0 Å². The number of hydrogen-bond donors (Lipinski definition) is 2. The van der Waals surface area contributed by atoms with E-state index in [4.69, 9.17) is 11.5 Å². The van der Waals surface area contributed by atoms with Crippen molar-refractivity contribution in [3.05, 3.63) is 21.1 Å². The van der Waals surface area contributed by atoms with Crippen LogP contribution in [0.3, 0.4) is 0 Å². The third-order valence-electron chi connectivity index (χ3n) is 3.47. The van der Waals surface area contributed by atoms with Crippen LogP contribution in [0.25, 0.3) is 0 Å². The molecule has 0 aliphatic carbocycles. The Morgan fingerprint density at radius 1 is 1.19 bits per heavy atom. The van der Waals surface area contributed by atoms with E-state index in [0.717, 1.165) is 0 Å². The minimum absolute atomic E-state index is 0.147. The van der Waals surface area contributed by atoms with Crippen LogP contribution < -0.4 is 11.5 Å². The van der Waals surface area contributed by atoms with Crippen LogP contribution in [-0.4, -0.2) is 31.7 Å². The van der Waals surface area contributed by atoms with E-state index < -0.39 is 10.0 Å². The maximum atomic E-state index is 12.7. The van der Waals surface area contributed by atoms with Gasteiger partial charge in [-0.2, -0.15) is 4.31 Å². The average Bonchev–Trinajstić information content (AvgIpc) is 2.37. The Hall–Kier alpha value is -0.640. The molecule has 0 radical (unpaired) electrons. The number of nitrogen functional groups attached to an aromatic ring is 1. The van der Waals surface area contributed by atoms with Gasteiger partial charge in [-0.15, -0.1) is 0 Å². The number of primary amides is 1. The molecule has 9 heteroatoms. The van der Waals surface area contributed by atoms with Crippen molar-refractivity contribution in [2.75, 3.05) is 18.8 Å². The molecule has 0 saturated carbocycles. The van der Waals surface area contributed by atoms with Crippen LogP contribution >= 0.6 is 31.9 Å². The first-order chi connectivity index (χ1) is 9.73. The summed E-state index contributed by atoms with van der Waals surface area (Å²) in [6, 6.07) is 3.10. The number of nitrogens with two attached hydrogens (primary N) is 2. The summed E-state index contributed by atoms with van der Waals surface area (Å²) >= 11 is 6.49. The molecule has 0 bridgehead atoms.